The number of carbonyl (C=O) groups is 1. The molecule has 0 aliphatic heterocycles. The average molecular weight is 411 g/mol. The number of rotatable bonds is 17. The minimum absolute atomic E-state index is 0.0179. The average Bonchev–Trinajstić information content (AvgIpc) is 2.68. The molecule has 4 nitrogen and oxygen atoms in total. The molecule has 0 bridgehead atoms. The lowest BCUT2D eigenvalue weighted by Gasteiger charge is -2.06. The first-order valence-corrected chi connectivity index (χ1v) is 12.5. The van der Waals surface area contributed by atoms with Gasteiger partial charge < -0.3 is 4.18 Å². The molecular weight excluding hydrogens is 372 g/mol. The van der Waals surface area contributed by atoms with Gasteiger partial charge in [0.1, 0.15) is 4.90 Å². The van der Waals surface area contributed by atoms with Crippen LogP contribution in [0.3, 0.4) is 0 Å². The molecule has 0 unspecified atom stereocenters. The molecule has 1 aromatic rings. The fourth-order valence-corrected chi connectivity index (χ4v) is 4.18. The molecule has 0 aromatic heterocycles. The van der Waals surface area contributed by atoms with Crippen LogP contribution < -0.4 is 0 Å². The van der Waals surface area contributed by atoms with Crippen molar-refractivity contribution in [1.29, 1.82) is 0 Å². The van der Waals surface area contributed by atoms with E-state index in [0.717, 1.165) is 12.8 Å². The quantitative estimate of drug-likeness (QED) is 0.209. The molecule has 0 saturated carbocycles. The molecule has 0 amide bonds. The summed E-state index contributed by atoms with van der Waals surface area (Å²) < 4.78 is 28.6. The summed E-state index contributed by atoms with van der Waals surface area (Å²) in [5.41, 5.74) is 0. The Labute approximate surface area is 172 Å². The van der Waals surface area contributed by atoms with Gasteiger partial charge in [-0.15, -0.1) is 0 Å². The highest BCUT2D eigenvalue weighted by molar-refractivity contribution is 7.87. The monoisotopic (exact) mass is 410 g/mol. The Hall–Kier alpha value is -1.36. The summed E-state index contributed by atoms with van der Waals surface area (Å²) >= 11 is 0. The van der Waals surface area contributed by atoms with Gasteiger partial charge in [-0.1, -0.05) is 109 Å². The molecule has 28 heavy (non-hydrogen) atoms. The van der Waals surface area contributed by atoms with Crippen LogP contribution in [0.1, 0.15) is 103 Å². The van der Waals surface area contributed by atoms with Crippen molar-refractivity contribution in [3.63, 3.8) is 0 Å². The summed E-state index contributed by atoms with van der Waals surface area (Å²) in [6.07, 6.45) is 17.5. The van der Waals surface area contributed by atoms with Crippen LogP contribution in [0.5, 0.6) is 0 Å². The van der Waals surface area contributed by atoms with Crippen molar-refractivity contribution in [3.8, 4) is 0 Å². The number of unbranched alkanes of at least 4 members (excludes halogenated alkanes) is 13. The number of hydrogen-bond acceptors (Lipinski definition) is 4. The summed E-state index contributed by atoms with van der Waals surface area (Å²) in [6.45, 7) is 2.25. The summed E-state index contributed by atoms with van der Waals surface area (Å²) in [5, 5.41) is 0. The standard InChI is InChI=1S/C23H38O4S/c1-2-3-4-5-6-7-8-9-10-11-12-13-14-18-21-23(24)27-28(25,26)22-19-16-15-17-20-22/h15-17,19-20H,2-14,18,21H2,1H3. The Balaban J connectivity index is 1.94. The van der Waals surface area contributed by atoms with E-state index in [0.29, 0.717) is 6.42 Å². The maximum Gasteiger partial charge on any atom is 0.341 e. The molecule has 0 atom stereocenters. The smallest absolute Gasteiger partial charge is 0.341 e. The molecule has 0 aliphatic carbocycles. The molecule has 0 saturated heterocycles. The van der Waals surface area contributed by atoms with Gasteiger partial charge in [0.15, 0.2) is 0 Å². The molecular formula is C23H38O4S. The lowest BCUT2D eigenvalue weighted by atomic mass is 10.0. The van der Waals surface area contributed by atoms with E-state index in [9.17, 15) is 13.2 Å². The normalized spacial score (nSPS) is 11.5. The third-order valence-electron chi connectivity index (χ3n) is 4.97. The van der Waals surface area contributed by atoms with Crippen molar-refractivity contribution in [3.05, 3.63) is 30.3 Å². The molecule has 0 aliphatic rings. The molecule has 0 spiro atoms. The number of hydrogen-bond donors (Lipinski definition) is 0. The molecule has 5 heteroatoms. The van der Waals surface area contributed by atoms with Crippen molar-refractivity contribution >= 4 is 16.1 Å². The third-order valence-corrected chi connectivity index (χ3v) is 6.22. The van der Waals surface area contributed by atoms with Gasteiger partial charge >= 0.3 is 16.1 Å². The number of benzene rings is 1. The fraction of sp³-hybridized carbons (Fsp3) is 0.696. The van der Waals surface area contributed by atoms with Gasteiger partial charge in [-0.25, -0.2) is 0 Å². The topological polar surface area (TPSA) is 60.4 Å². The summed E-state index contributed by atoms with van der Waals surface area (Å²) in [5.74, 6) is -0.664. The van der Waals surface area contributed by atoms with E-state index >= 15 is 0 Å². The summed E-state index contributed by atoms with van der Waals surface area (Å²) in [4.78, 5) is 11.8. The van der Waals surface area contributed by atoms with E-state index in [-0.39, 0.29) is 11.3 Å². The molecule has 0 heterocycles. The lowest BCUT2D eigenvalue weighted by molar-refractivity contribution is -0.133. The summed E-state index contributed by atoms with van der Waals surface area (Å²) in [6, 6.07) is 7.78. The Kier molecular flexibility index (Phi) is 13.7. The lowest BCUT2D eigenvalue weighted by Crippen LogP contribution is -2.13. The summed E-state index contributed by atoms with van der Waals surface area (Å²) in [7, 11) is -3.98. The van der Waals surface area contributed by atoms with Crippen LogP contribution in [0.4, 0.5) is 0 Å². The Morgan fingerprint density at radius 2 is 1.14 bits per heavy atom. The third kappa shape index (κ3) is 12.2. The van der Waals surface area contributed by atoms with Gasteiger partial charge in [0, 0.05) is 6.42 Å². The van der Waals surface area contributed by atoms with Crippen LogP contribution in [-0.2, 0) is 19.1 Å². The Morgan fingerprint density at radius 1 is 0.714 bits per heavy atom. The molecule has 0 fully saturated rings. The highest BCUT2D eigenvalue weighted by Gasteiger charge is 2.19. The molecule has 1 aromatic carbocycles. The van der Waals surface area contributed by atoms with Crippen molar-refractivity contribution < 1.29 is 17.4 Å². The fourth-order valence-electron chi connectivity index (χ4n) is 3.26. The van der Waals surface area contributed by atoms with Crippen molar-refractivity contribution in [2.24, 2.45) is 0 Å². The molecule has 0 radical (unpaired) electrons. The Bertz CT molecular complexity index is 611. The zero-order valence-electron chi connectivity index (χ0n) is 17.5. The second kappa shape index (κ2) is 15.5. The maximum absolute atomic E-state index is 11.9. The molecule has 0 N–H and O–H groups in total. The largest absolute Gasteiger partial charge is 0.342 e. The highest BCUT2D eigenvalue weighted by atomic mass is 32.2. The van der Waals surface area contributed by atoms with Crippen LogP contribution >= 0.6 is 0 Å². The predicted octanol–water partition coefficient (Wildman–Crippen LogP) is 6.79. The van der Waals surface area contributed by atoms with E-state index in [2.05, 4.69) is 11.1 Å². The number of carbonyl (C=O) groups excluding carboxylic acids is 1. The van der Waals surface area contributed by atoms with Crippen molar-refractivity contribution in [1.82, 2.24) is 0 Å². The van der Waals surface area contributed by atoms with Crippen LogP contribution in [-0.4, -0.2) is 14.4 Å². The molecule has 1 rings (SSSR count). The first kappa shape index (κ1) is 24.7. The minimum atomic E-state index is -3.98. The van der Waals surface area contributed by atoms with Crippen LogP contribution in [0.15, 0.2) is 35.2 Å². The van der Waals surface area contributed by atoms with Gasteiger partial charge in [0.2, 0.25) is 0 Å². The maximum atomic E-state index is 11.9. The Morgan fingerprint density at radius 3 is 1.61 bits per heavy atom. The van der Waals surface area contributed by atoms with Gasteiger partial charge in [-0.05, 0) is 18.6 Å². The van der Waals surface area contributed by atoms with Gasteiger partial charge in [-0.2, -0.15) is 8.42 Å². The van der Waals surface area contributed by atoms with Gasteiger partial charge in [-0.3, -0.25) is 4.79 Å². The minimum Gasteiger partial charge on any atom is -0.342 e. The van der Waals surface area contributed by atoms with E-state index in [4.69, 9.17) is 0 Å². The highest BCUT2D eigenvalue weighted by Crippen LogP contribution is 2.15. The zero-order chi connectivity index (χ0) is 20.5. The van der Waals surface area contributed by atoms with E-state index in [1.54, 1.807) is 18.2 Å². The van der Waals surface area contributed by atoms with Crippen LogP contribution in [0.25, 0.3) is 0 Å². The van der Waals surface area contributed by atoms with Gasteiger partial charge in [0.05, 0.1) is 0 Å². The van der Waals surface area contributed by atoms with Crippen LogP contribution in [0, 0.1) is 0 Å². The zero-order valence-corrected chi connectivity index (χ0v) is 18.4. The first-order valence-electron chi connectivity index (χ1n) is 11.1. The second-order valence-corrected chi connectivity index (χ2v) is 9.12. The van der Waals surface area contributed by atoms with Gasteiger partial charge in [0.25, 0.3) is 0 Å². The predicted molar refractivity (Wildman–Crippen MR) is 115 cm³/mol. The SMILES string of the molecule is CCCCCCCCCCCCCCCCC(=O)OS(=O)(=O)c1ccccc1. The first-order chi connectivity index (χ1) is 13.6. The van der Waals surface area contributed by atoms with Crippen molar-refractivity contribution in [2.45, 2.75) is 108 Å². The van der Waals surface area contributed by atoms with E-state index in [1.807, 2.05) is 0 Å². The second-order valence-electron chi connectivity index (χ2n) is 7.57. The molecule has 160 valence electrons. The van der Waals surface area contributed by atoms with E-state index < -0.39 is 16.1 Å². The van der Waals surface area contributed by atoms with Crippen LogP contribution in [0.2, 0.25) is 0 Å². The van der Waals surface area contributed by atoms with Crippen molar-refractivity contribution in [2.75, 3.05) is 0 Å². The van der Waals surface area contributed by atoms with E-state index in [1.165, 1.54) is 82.8 Å².